The van der Waals surface area contributed by atoms with E-state index in [0.717, 1.165) is 28.0 Å². The van der Waals surface area contributed by atoms with Crippen LogP contribution in [-0.4, -0.2) is 6.54 Å². The average molecular weight is 365 g/mol. The van der Waals surface area contributed by atoms with Gasteiger partial charge in [0.25, 0.3) is 0 Å². The van der Waals surface area contributed by atoms with E-state index < -0.39 is 0 Å². The smallest absolute Gasteiger partial charge is 0.183 e. The Kier molecular flexibility index (Phi) is 4.72. The summed E-state index contributed by atoms with van der Waals surface area (Å²) in [5.74, 6) is 0.975. The minimum absolute atomic E-state index is 0.485. The van der Waals surface area contributed by atoms with Crippen molar-refractivity contribution in [2.45, 2.75) is 45.6 Å². The van der Waals surface area contributed by atoms with Gasteiger partial charge in [0.15, 0.2) is 4.67 Å². The molecule has 1 N–H and O–H groups in total. The van der Waals surface area contributed by atoms with Crippen LogP contribution in [-0.2, 0) is 6.54 Å². The molecule has 4 heteroatoms. The van der Waals surface area contributed by atoms with Gasteiger partial charge >= 0.3 is 0 Å². The first kappa shape index (κ1) is 13.6. The third-order valence-corrected chi connectivity index (χ3v) is 5.32. The largest absolute Gasteiger partial charge is 0.452 e. The van der Waals surface area contributed by atoms with Crippen molar-refractivity contribution in [3.05, 3.63) is 21.0 Å². The highest BCUT2D eigenvalue weighted by molar-refractivity contribution is 9.13. The van der Waals surface area contributed by atoms with Gasteiger partial charge in [-0.05, 0) is 56.2 Å². The van der Waals surface area contributed by atoms with E-state index in [-0.39, 0.29) is 0 Å². The van der Waals surface area contributed by atoms with Crippen LogP contribution in [0.25, 0.3) is 0 Å². The van der Waals surface area contributed by atoms with E-state index in [0.29, 0.717) is 5.41 Å². The molecule has 0 amide bonds. The lowest BCUT2D eigenvalue weighted by molar-refractivity contribution is 0.205. The third-order valence-electron chi connectivity index (χ3n) is 3.61. The Hall–Kier alpha value is 0.200. The lowest BCUT2D eigenvalue weighted by atomic mass is 9.76. The maximum Gasteiger partial charge on any atom is 0.183 e. The lowest BCUT2D eigenvalue weighted by Crippen LogP contribution is -2.33. The molecule has 1 aromatic rings. The van der Waals surface area contributed by atoms with Crippen LogP contribution in [0.1, 0.15) is 44.8 Å². The maximum atomic E-state index is 5.54. The highest BCUT2D eigenvalue weighted by Gasteiger charge is 2.26. The van der Waals surface area contributed by atoms with Crippen molar-refractivity contribution in [1.29, 1.82) is 0 Å². The molecule has 1 saturated carbocycles. The van der Waals surface area contributed by atoms with E-state index in [9.17, 15) is 0 Å². The Morgan fingerprint density at radius 1 is 1.29 bits per heavy atom. The van der Waals surface area contributed by atoms with Crippen LogP contribution in [0.3, 0.4) is 0 Å². The molecule has 0 bridgehead atoms. The molecule has 2 rings (SSSR count). The summed E-state index contributed by atoms with van der Waals surface area (Å²) in [5, 5.41) is 3.52. The summed E-state index contributed by atoms with van der Waals surface area (Å²) in [6.45, 7) is 4.29. The minimum Gasteiger partial charge on any atom is -0.452 e. The summed E-state index contributed by atoms with van der Waals surface area (Å²) >= 11 is 6.78. The monoisotopic (exact) mass is 363 g/mol. The fourth-order valence-corrected chi connectivity index (χ4v) is 3.21. The first-order valence-electron chi connectivity index (χ1n) is 6.23. The van der Waals surface area contributed by atoms with Crippen molar-refractivity contribution in [3.63, 3.8) is 0 Å². The van der Waals surface area contributed by atoms with Gasteiger partial charge in [0.05, 0.1) is 11.0 Å². The number of furan rings is 1. The Labute approximate surface area is 120 Å². The number of hydrogen-bond donors (Lipinski definition) is 1. The van der Waals surface area contributed by atoms with Crippen LogP contribution in [0.5, 0.6) is 0 Å². The summed E-state index contributed by atoms with van der Waals surface area (Å²) in [6, 6.07) is 2.01. The molecule has 1 fully saturated rings. The molecule has 0 aliphatic heterocycles. The van der Waals surface area contributed by atoms with Crippen molar-refractivity contribution < 1.29 is 4.42 Å². The quantitative estimate of drug-likeness (QED) is 0.824. The van der Waals surface area contributed by atoms with Crippen LogP contribution in [0, 0.1) is 5.41 Å². The predicted molar refractivity (Wildman–Crippen MR) is 77.0 cm³/mol. The molecule has 17 heavy (non-hydrogen) atoms. The summed E-state index contributed by atoms with van der Waals surface area (Å²) < 4.78 is 7.30. The van der Waals surface area contributed by atoms with Crippen LogP contribution in [0.15, 0.2) is 19.6 Å². The van der Waals surface area contributed by atoms with Gasteiger partial charge < -0.3 is 9.73 Å². The molecule has 0 atom stereocenters. The summed E-state index contributed by atoms with van der Waals surface area (Å²) in [4.78, 5) is 0. The Balaban J connectivity index is 1.78. The fraction of sp³-hybridized carbons (Fsp3) is 0.692. The van der Waals surface area contributed by atoms with Gasteiger partial charge in [-0.3, -0.25) is 0 Å². The van der Waals surface area contributed by atoms with Gasteiger partial charge in [-0.1, -0.05) is 26.2 Å². The van der Waals surface area contributed by atoms with Crippen LogP contribution < -0.4 is 5.32 Å². The van der Waals surface area contributed by atoms with Crippen molar-refractivity contribution in [1.82, 2.24) is 5.32 Å². The SMILES string of the molecule is CC1(CNCc2cc(Br)c(Br)o2)CCCCC1. The number of rotatable bonds is 4. The van der Waals surface area contributed by atoms with E-state index in [4.69, 9.17) is 4.42 Å². The molecule has 0 radical (unpaired) electrons. The first-order valence-corrected chi connectivity index (χ1v) is 7.82. The second kappa shape index (κ2) is 5.89. The minimum atomic E-state index is 0.485. The Morgan fingerprint density at radius 2 is 2.00 bits per heavy atom. The number of nitrogens with one attached hydrogen (secondary N) is 1. The lowest BCUT2D eigenvalue weighted by Gasteiger charge is -2.33. The predicted octanol–water partition coefficient (Wildman–Crippen LogP) is 4.86. The molecule has 1 aliphatic rings. The van der Waals surface area contributed by atoms with Crippen LogP contribution >= 0.6 is 31.9 Å². The summed E-state index contributed by atoms with van der Waals surface area (Å²) in [6.07, 6.45) is 6.89. The zero-order valence-electron chi connectivity index (χ0n) is 10.2. The molecule has 0 aromatic carbocycles. The summed E-state index contributed by atoms with van der Waals surface area (Å²) in [5.41, 5.74) is 0.485. The standard InChI is InChI=1S/C13H19Br2NO/c1-13(5-3-2-4-6-13)9-16-8-10-7-11(14)12(15)17-10/h7,16H,2-6,8-9H2,1H3. The number of halogens is 2. The van der Waals surface area contributed by atoms with Crippen molar-refractivity contribution in [3.8, 4) is 0 Å². The van der Waals surface area contributed by atoms with Crippen molar-refractivity contribution in [2.75, 3.05) is 6.54 Å². The van der Waals surface area contributed by atoms with Crippen LogP contribution in [0.2, 0.25) is 0 Å². The first-order chi connectivity index (χ1) is 8.09. The van der Waals surface area contributed by atoms with Gasteiger partial charge in [0, 0.05) is 6.54 Å². The molecular formula is C13H19Br2NO. The molecule has 0 unspecified atom stereocenters. The maximum absolute atomic E-state index is 5.54. The van der Waals surface area contributed by atoms with Gasteiger partial charge in [0.1, 0.15) is 5.76 Å². The molecule has 0 saturated heterocycles. The fourth-order valence-electron chi connectivity index (χ4n) is 2.55. The topological polar surface area (TPSA) is 25.2 Å². The third kappa shape index (κ3) is 3.83. The van der Waals surface area contributed by atoms with Gasteiger partial charge in [-0.15, -0.1) is 0 Å². The van der Waals surface area contributed by atoms with E-state index in [1.54, 1.807) is 0 Å². The second-order valence-corrected chi connectivity index (χ2v) is 6.88. The van der Waals surface area contributed by atoms with Gasteiger partial charge in [-0.2, -0.15) is 0 Å². The molecular weight excluding hydrogens is 346 g/mol. The van der Waals surface area contributed by atoms with Crippen molar-refractivity contribution >= 4 is 31.9 Å². The van der Waals surface area contributed by atoms with Crippen LogP contribution in [0.4, 0.5) is 0 Å². The zero-order chi connectivity index (χ0) is 12.3. The Morgan fingerprint density at radius 3 is 2.59 bits per heavy atom. The molecule has 2 nitrogen and oxygen atoms in total. The highest BCUT2D eigenvalue weighted by atomic mass is 79.9. The van der Waals surface area contributed by atoms with E-state index >= 15 is 0 Å². The molecule has 1 heterocycles. The zero-order valence-corrected chi connectivity index (χ0v) is 13.4. The van der Waals surface area contributed by atoms with Gasteiger partial charge in [0.2, 0.25) is 0 Å². The second-order valence-electron chi connectivity index (χ2n) is 5.31. The molecule has 1 aliphatic carbocycles. The Bertz CT molecular complexity index is 350. The normalized spacial score (nSPS) is 19.5. The molecule has 96 valence electrons. The van der Waals surface area contributed by atoms with E-state index in [1.165, 1.54) is 32.1 Å². The average Bonchev–Trinajstić information content (AvgIpc) is 2.59. The molecule has 0 spiro atoms. The summed E-state index contributed by atoms with van der Waals surface area (Å²) in [7, 11) is 0. The highest BCUT2D eigenvalue weighted by Crippen LogP contribution is 2.35. The van der Waals surface area contributed by atoms with Crippen molar-refractivity contribution in [2.24, 2.45) is 5.41 Å². The molecule has 1 aromatic heterocycles. The van der Waals surface area contributed by atoms with Gasteiger partial charge in [-0.25, -0.2) is 0 Å². The van der Waals surface area contributed by atoms with E-state index in [2.05, 4.69) is 44.1 Å². The number of hydrogen-bond acceptors (Lipinski definition) is 2. The van der Waals surface area contributed by atoms with E-state index in [1.807, 2.05) is 6.07 Å².